The first kappa shape index (κ1) is 15.8. The van der Waals surface area contributed by atoms with Crippen LogP contribution in [0.2, 0.25) is 0 Å². The number of halogens is 3. The Hall–Kier alpha value is -1.21. The summed E-state index contributed by atoms with van der Waals surface area (Å²) in [5, 5.41) is 2.61. The summed E-state index contributed by atoms with van der Waals surface area (Å²) in [7, 11) is 0. The lowest BCUT2D eigenvalue weighted by Crippen LogP contribution is -2.37. The van der Waals surface area contributed by atoms with Gasteiger partial charge >= 0.3 is 5.51 Å². The van der Waals surface area contributed by atoms with E-state index in [0.29, 0.717) is 5.69 Å². The maximum Gasteiger partial charge on any atom is 0.446 e. The van der Waals surface area contributed by atoms with Gasteiger partial charge in [0.25, 0.3) is 0 Å². The first-order valence-corrected chi connectivity index (χ1v) is 6.33. The number of carbonyl (C=O) groups excluding carboxylic acids is 1. The number of nitrogens with one attached hydrogen (secondary N) is 1. The third-order valence-electron chi connectivity index (χ3n) is 2.47. The lowest BCUT2D eigenvalue weighted by atomic mass is 9.92. The van der Waals surface area contributed by atoms with Crippen molar-refractivity contribution in [1.82, 2.24) is 0 Å². The highest BCUT2D eigenvalue weighted by molar-refractivity contribution is 8.00. The van der Waals surface area contributed by atoms with Crippen LogP contribution in [0.5, 0.6) is 0 Å². The van der Waals surface area contributed by atoms with Crippen molar-refractivity contribution in [2.24, 2.45) is 11.1 Å². The van der Waals surface area contributed by atoms with Gasteiger partial charge in [0, 0.05) is 17.1 Å². The van der Waals surface area contributed by atoms with Crippen LogP contribution in [0, 0.1) is 5.41 Å². The predicted octanol–water partition coefficient (Wildman–Crippen LogP) is 3.22. The van der Waals surface area contributed by atoms with Crippen molar-refractivity contribution in [1.29, 1.82) is 0 Å². The average molecular weight is 292 g/mol. The van der Waals surface area contributed by atoms with Crippen LogP contribution in [0.3, 0.4) is 0 Å². The van der Waals surface area contributed by atoms with Gasteiger partial charge in [-0.3, -0.25) is 4.79 Å². The predicted molar refractivity (Wildman–Crippen MR) is 69.8 cm³/mol. The van der Waals surface area contributed by atoms with Crippen molar-refractivity contribution < 1.29 is 18.0 Å². The largest absolute Gasteiger partial charge is 0.446 e. The highest BCUT2D eigenvalue weighted by Crippen LogP contribution is 2.37. The molecule has 0 saturated heterocycles. The summed E-state index contributed by atoms with van der Waals surface area (Å²) in [6, 6.07) is 5.48. The van der Waals surface area contributed by atoms with Gasteiger partial charge in [-0.15, -0.1) is 0 Å². The summed E-state index contributed by atoms with van der Waals surface area (Å²) in [5.74, 6) is -0.272. The molecule has 0 aliphatic heterocycles. The number of carbonyl (C=O) groups is 1. The molecule has 1 aromatic carbocycles. The SMILES string of the molecule is CC(C)(CN)C(=O)Nc1ccc(SC(F)(F)F)cc1. The number of rotatable bonds is 4. The fourth-order valence-electron chi connectivity index (χ4n) is 1.13. The molecule has 0 aliphatic rings. The van der Waals surface area contributed by atoms with Gasteiger partial charge in [-0.05, 0) is 49.9 Å². The molecule has 0 aliphatic carbocycles. The summed E-state index contributed by atoms with van der Waals surface area (Å²) < 4.78 is 36.4. The quantitative estimate of drug-likeness (QED) is 0.838. The van der Waals surface area contributed by atoms with Gasteiger partial charge in [-0.1, -0.05) is 0 Å². The molecular formula is C12H15F3N2OS. The lowest BCUT2D eigenvalue weighted by molar-refractivity contribution is -0.123. The zero-order chi connectivity index (χ0) is 14.7. The highest BCUT2D eigenvalue weighted by atomic mass is 32.2. The number of hydrogen-bond donors (Lipinski definition) is 2. The molecule has 0 saturated carbocycles. The Morgan fingerprint density at radius 3 is 2.21 bits per heavy atom. The van der Waals surface area contributed by atoms with Crippen molar-refractivity contribution in [2.75, 3.05) is 11.9 Å². The van der Waals surface area contributed by atoms with E-state index < -0.39 is 10.9 Å². The topological polar surface area (TPSA) is 55.1 Å². The zero-order valence-electron chi connectivity index (χ0n) is 10.5. The van der Waals surface area contributed by atoms with Gasteiger partial charge in [0.15, 0.2) is 0 Å². The number of anilines is 1. The van der Waals surface area contributed by atoms with Gasteiger partial charge in [0.05, 0.1) is 5.41 Å². The standard InChI is InChI=1S/C12H15F3N2OS/c1-11(2,7-16)10(18)17-8-3-5-9(6-4-8)19-12(13,14)15/h3-6H,7,16H2,1-2H3,(H,17,18). The van der Waals surface area contributed by atoms with E-state index in [4.69, 9.17) is 5.73 Å². The summed E-state index contributed by atoms with van der Waals surface area (Å²) in [6.45, 7) is 3.56. The molecule has 0 spiro atoms. The van der Waals surface area contributed by atoms with Crippen LogP contribution in [0.4, 0.5) is 18.9 Å². The van der Waals surface area contributed by atoms with Crippen molar-refractivity contribution >= 4 is 23.4 Å². The monoisotopic (exact) mass is 292 g/mol. The summed E-state index contributed by atoms with van der Waals surface area (Å²) >= 11 is -0.194. The van der Waals surface area contributed by atoms with Gasteiger partial charge in [0.2, 0.25) is 5.91 Å². The second kappa shape index (κ2) is 5.83. The van der Waals surface area contributed by atoms with E-state index in [-0.39, 0.29) is 29.1 Å². The van der Waals surface area contributed by atoms with Crippen LogP contribution in [0.15, 0.2) is 29.2 Å². The highest BCUT2D eigenvalue weighted by Gasteiger charge is 2.29. The first-order valence-electron chi connectivity index (χ1n) is 5.51. The number of hydrogen-bond acceptors (Lipinski definition) is 3. The van der Waals surface area contributed by atoms with Gasteiger partial charge in [0.1, 0.15) is 0 Å². The average Bonchev–Trinajstić information content (AvgIpc) is 2.29. The Balaban J connectivity index is 2.70. The van der Waals surface area contributed by atoms with Crippen molar-refractivity contribution in [2.45, 2.75) is 24.3 Å². The summed E-state index contributed by atoms with van der Waals surface area (Å²) in [6.07, 6.45) is 0. The molecule has 19 heavy (non-hydrogen) atoms. The number of alkyl halides is 3. The molecule has 0 radical (unpaired) electrons. The molecule has 3 nitrogen and oxygen atoms in total. The number of thioether (sulfide) groups is 1. The molecule has 0 atom stereocenters. The Morgan fingerprint density at radius 1 is 1.26 bits per heavy atom. The van der Waals surface area contributed by atoms with Gasteiger partial charge in [-0.2, -0.15) is 13.2 Å². The zero-order valence-corrected chi connectivity index (χ0v) is 11.4. The molecule has 3 N–H and O–H groups in total. The van der Waals surface area contributed by atoms with E-state index in [2.05, 4.69) is 5.32 Å². The van der Waals surface area contributed by atoms with E-state index in [1.165, 1.54) is 24.3 Å². The lowest BCUT2D eigenvalue weighted by Gasteiger charge is -2.21. The molecule has 7 heteroatoms. The molecule has 0 heterocycles. The fourth-order valence-corrected chi connectivity index (χ4v) is 1.67. The van der Waals surface area contributed by atoms with Crippen molar-refractivity contribution in [3.8, 4) is 0 Å². The normalized spacial score (nSPS) is 12.3. The molecule has 0 fully saturated rings. The third-order valence-corrected chi connectivity index (χ3v) is 3.21. The Bertz CT molecular complexity index is 443. The molecule has 0 aromatic heterocycles. The molecular weight excluding hydrogens is 277 g/mol. The van der Waals surface area contributed by atoms with Crippen molar-refractivity contribution in [3.63, 3.8) is 0 Å². The van der Waals surface area contributed by atoms with Crippen LogP contribution >= 0.6 is 11.8 Å². The van der Waals surface area contributed by atoms with E-state index in [0.717, 1.165) is 0 Å². The Kier molecular flexibility index (Phi) is 4.86. The fraction of sp³-hybridized carbons (Fsp3) is 0.417. The summed E-state index contributed by atoms with van der Waals surface area (Å²) in [5.41, 5.74) is 0.872. The van der Waals surface area contributed by atoms with Crippen LogP contribution in [0.1, 0.15) is 13.8 Å². The molecule has 0 bridgehead atoms. The van der Waals surface area contributed by atoms with Crippen LogP contribution in [-0.2, 0) is 4.79 Å². The molecule has 106 valence electrons. The van der Waals surface area contributed by atoms with Crippen LogP contribution in [-0.4, -0.2) is 18.0 Å². The first-order chi connectivity index (χ1) is 8.64. The Morgan fingerprint density at radius 2 is 1.79 bits per heavy atom. The van der Waals surface area contributed by atoms with E-state index in [1.54, 1.807) is 13.8 Å². The molecule has 1 aromatic rings. The number of benzene rings is 1. The second-order valence-electron chi connectivity index (χ2n) is 4.61. The maximum atomic E-state index is 12.1. The smallest absolute Gasteiger partial charge is 0.329 e. The molecule has 1 amide bonds. The van der Waals surface area contributed by atoms with Crippen LogP contribution in [0.25, 0.3) is 0 Å². The van der Waals surface area contributed by atoms with Crippen LogP contribution < -0.4 is 11.1 Å². The second-order valence-corrected chi connectivity index (χ2v) is 5.75. The number of nitrogens with two attached hydrogens (primary N) is 1. The maximum absolute atomic E-state index is 12.1. The van der Waals surface area contributed by atoms with Crippen molar-refractivity contribution in [3.05, 3.63) is 24.3 Å². The third kappa shape index (κ3) is 5.12. The minimum absolute atomic E-state index is 0.0728. The van der Waals surface area contributed by atoms with E-state index >= 15 is 0 Å². The number of amides is 1. The van der Waals surface area contributed by atoms with E-state index in [9.17, 15) is 18.0 Å². The minimum Gasteiger partial charge on any atom is -0.329 e. The van der Waals surface area contributed by atoms with Gasteiger partial charge < -0.3 is 11.1 Å². The summed E-state index contributed by atoms with van der Waals surface area (Å²) in [4.78, 5) is 11.9. The molecule has 0 unspecified atom stereocenters. The molecule has 1 rings (SSSR count). The van der Waals surface area contributed by atoms with Gasteiger partial charge in [-0.25, -0.2) is 0 Å². The van der Waals surface area contributed by atoms with E-state index in [1.807, 2.05) is 0 Å². The minimum atomic E-state index is -4.31. The Labute approximate surface area is 113 Å².